The van der Waals surface area contributed by atoms with Crippen molar-refractivity contribution in [2.24, 2.45) is 5.92 Å². The molecule has 0 fully saturated rings. The van der Waals surface area contributed by atoms with Crippen LogP contribution in [0.3, 0.4) is 0 Å². The van der Waals surface area contributed by atoms with E-state index in [0.717, 1.165) is 18.9 Å². The molecule has 0 rings (SSSR count). The zero-order valence-electron chi connectivity index (χ0n) is 10.4. The quantitative estimate of drug-likeness (QED) is 0.653. The van der Waals surface area contributed by atoms with E-state index in [-0.39, 0.29) is 5.75 Å². The molecule has 92 valence electrons. The molecule has 0 aliphatic rings. The standard InChI is InChI=1S/C11H25NO2S/c1-10(2)6-7-11(3)12-8-5-9-15(4,13)14/h10-12H,5-9H2,1-4H3. The molecule has 0 heterocycles. The van der Waals surface area contributed by atoms with E-state index in [2.05, 4.69) is 26.1 Å². The molecular formula is C11H25NO2S. The Bertz CT molecular complexity index is 247. The van der Waals surface area contributed by atoms with Gasteiger partial charge in [0.05, 0.1) is 5.75 Å². The van der Waals surface area contributed by atoms with E-state index in [0.29, 0.717) is 12.5 Å². The van der Waals surface area contributed by atoms with E-state index in [9.17, 15) is 8.42 Å². The first-order chi connectivity index (χ1) is 6.81. The molecular weight excluding hydrogens is 210 g/mol. The first-order valence-corrected chi connectivity index (χ1v) is 7.78. The van der Waals surface area contributed by atoms with Crippen molar-refractivity contribution in [3.63, 3.8) is 0 Å². The molecule has 0 amide bonds. The van der Waals surface area contributed by atoms with Crippen molar-refractivity contribution in [2.45, 2.75) is 46.1 Å². The van der Waals surface area contributed by atoms with Gasteiger partial charge in [0.1, 0.15) is 9.84 Å². The fraction of sp³-hybridized carbons (Fsp3) is 1.00. The van der Waals surface area contributed by atoms with Gasteiger partial charge in [0.25, 0.3) is 0 Å². The van der Waals surface area contributed by atoms with Crippen molar-refractivity contribution in [3.05, 3.63) is 0 Å². The van der Waals surface area contributed by atoms with Crippen LogP contribution in [-0.4, -0.2) is 33.0 Å². The lowest BCUT2D eigenvalue weighted by Gasteiger charge is -2.14. The Labute approximate surface area is 94.6 Å². The van der Waals surface area contributed by atoms with E-state index >= 15 is 0 Å². The summed E-state index contributed by atoms with van der Waals surface area (Å²) >= 11 is 0. The normalized spacial score (nSPS) is 14.5. The van der Waals surface area contributed by atoms with Crippen molar-refractivity contribution in [1.29, 1.82) is 0 Å². The van der Waals surface area contributed by atoms with E-state index in [1.54, 1.807) is 0 Å². The van der Waals surface area contributed by atoms with E-state index in [4.69, 9.17) is 0 Å². The summed E-state index contributed by atoms with van der Waals surface area (Å²) in [6.07, 6.45) is 4.39. The lowest BCUT2D eigenvalue weighted by Crippen LogP contribution is -2.28. The van der Waals surface area contributed by atoms with Crippen LogP contribution < -0.4 is 5.32 Å². The summed E-state index contributed by atoms with van der Waals surface area (Å²) in [6, 6.07) is 0.493. The Morgan fingerprint density at radius 1 is 1.13 bits per heavy atom. The van der Waals surface area contributed by atoms with Crippen LogP contribution >= 0.6 is 0 Å². The highest BCUT2D eigenvalue weighted by molar-refractivity contribution is 7.90. The first-order valence-electron chi connectivity index (χ1n) is 5.72. The van der Waals surface area contributed by atoms with Gasteiger partial charge in [0.15, 0.2) is 0 Å². The predicted octanol–water partition coefficient (Wildman–Crippen LogP) is 1.84. The molecule has 1 atom stereocenters. The molecule has 1 N–H and O–H groups in total. The molecule has 0 spiro atoms. The van der Waals surface area contributed by atoms with Crippen molar-refractivity contribution in [3.8, 4) is 0 Å². The first kappa shape index (κ1) is 14.9. The van der Waals surface area contributed by atoms with Gasteiger partial charge in [-0.05, 0) is 38.6 Å². The van der Waals surface area contributed by atoms with Gasteiger partial charge in [-0.2, -0.15) is 0 Å². The molecule has 0 aromatic rings. The summed E-state index contributed by atoms with van der Waals surface area (Å²) in [7, 11) is -2.79. The second-order valence-corrected chi connectivity index (χ2v) is 7.07. The number of sulfone groups is 1. The third-order valence-corrected chi connectivity index (χ3v) is 3.39. The summed E-state index contributed by atoms with van der Waals surface area (Å²) < 4.78 is 21.7. The molecule has 0 aromatic carbocycles. The number of hydrogen-bond donors (Lipinski definition) is 1. The second-order valence-electron chi connectivity index (χ2n) is 4.81. The molecule has 0 saturated carbocycles. The summed E-state index contributed by atoms with van der Waals surface area (Å²) in [5, 5.41) is 3.35. The predicted molar refractivity (Wildman–Crippen MR) is 65.9 cm³/mol. The van der Waals surface area contributed by atoms with Crippen LogP contribution in [0.15, 0.2) is 0 Å². The Morgan fingerprint density at radius 2 is 1.73 bits per heavy atom. The molecule has 0 saturated heterocycles. The summed E-state index contributed by atoms with van der Waals surface area (Å²) in [4.78, 5) is 0. The zero-order chi connectivity index (χ0) is 11.9. The second kappa shape index (κ2) is 7.23. The van der Waals surface area contributed by atoms with Crippen LogP contribution in [0.25, 0.3) is 0 Å². The van der Waals surface area contributed by atoms with Crippen molar-refractivity contribution >= 4 is 9.84 Å². The highest BCUT2D eigenvalue weighted by Gasteiger charge is 2.04. The van der Waals surface area contributed by atoms with Crippen LogP contribution in [0.4, 0.5) is 0 Å². The third-order valence-electron chi connectivity index (χ3n) is 2.36. The SMILES string of the molecule is CC(C)CCC(C)NCCCS(C)(=O)=O. The zero-order valence-corrected chi connectivity index (χ0v) is 11.2. The molecule has 0 aliphatic heterocycles. The monoisotopic (exact) mass is 235 g/mol. The molecule has 15 heavy (non-hydrogen) atoms. The van der Waals surface area contributed by atoms with Crippen molar-refractivity contribution < 1.29 is 8.42 Å². The fourth-order valence-electron chi connectivity index (χ4n) is 1.37. The van der Waals surface area contributed by atoms with E-state index in [1.165, 1.54) is 12.7 Å². The maximum Gasteiger partial charge on any atom is 0.147 e. The van der Waals surface area contributed by atoms with E-state index < -0.39 is 9.84 Å². The van der Waals surface area contributed by atoms with Crippen LogP contribution in [-0.2, 0) is 9.84 Å². The topological polar surface area (TPSA) is 46.2 Å². The molecule has 1 unspecified atom stereocenters. The average molecular weight is 235 g/mol. The van der Waals surface area contributed by atoms with Gasteiger partial charge in [0, 0.05) is 12.3 Å². The van der Waals surface area contributed by atoms with Crippen LogP contribution in [0.1, 0.15) is 40.0 Å². The molecule has 0 radical (unpaired) electrons. The fourth-order valence-corrected chi connectivity index (χ4v) is 2.04. The molecule has 0 aromatic heterocycles. The van der Waals surface area contributed by atoms with E-state index in [1.807, 2.05) is 0 Å². The van der Waals surface area contributed by atoms with Crippen LogP contribution in [0.2, 0.25) is 0 Å². The number of nitrogens with one attached hydrogen (secondary N) is 1. The maximum atomic E-state index is 10.9. The Hall–Kier alpha value is -0.0900. The molecule has 3 nitrogen and oxygen atoms in total. The highest BCUT2D eigenvalue weighted by atomic mass is 32.2. The average Bonchev–Trinajstić information content (AvgIpc) is 2.07. The summed E-state index contributed by atoms with van der Waals surface area (Å²) in [6.45, 7) is 7.39. The summed E-state index contributed by atoms with van der Waals surface area (Å²) in [5.74, 6) is 1.03. The Balaban J connectivity index is 3.43. The smallest absolute Gasteiger partial charge is 0.147 e. The molecule has 0 aliphatic carbocycles. The lowest BCUT2D eigenvalue weighted by molar-refractivity contribution is 0.451. The van der Waals surface area contributed by atoms with Gasteiger partial charge in [-0.15, -0.1) is 0 Å². The van der Waals surface area contributed by atoms with Crippen LogP contribution in [0.5, 0.6) is 0 Å². The third kappa shape index (κ3) is 11.8. The number of hydrogen-bond acceptors (Lipinski definition) is 3. The largest absolute Gasteiger partial charge is 0.314 e. The summed E-state index contributed by atoms with van der Waals surface area (Å²) in [5.41, 5.74) is 0. The van der Waals surface area contributed by atoms with Gasteiger partial charge in [-0.1, -0.05) is 13.8 Å². The minimum atomic E-state index is -2.79. The van der Waals surface area contributed by atoms with Gasteiger partial charge in [0.2, 0.25) is 0 Å². The maximum absolute atomic E-state index is 10.9. The minimum Gasteiger partial charge on any atom is -0.314 e. The van der Waals surface area contributed by atoms with Crippen molar-refractivity contribution in [1.82, 2.24) is 5.32 Å². The van der Waals surface area contributed by atoms with Gasteiger partial charge < -0.3 is 5.32 Å². The van der Waals surface area contributed by atoms with Gasteiger partial charge in [-0.25, -0.2) is 8.42 Å². The van der Waals surface area contributed by atoms with Gasteiger partial charge in [-0.3, -0.25) is 0 Å². The number of rotatable bonds is 8. The Kier molecular flexibility index (Phi) is 7.18. The van der Waals surface area contributed by atoms with Crippen LogP contribution in [0, 0.1) is 5.92 Å². The highest BCUT2D eigenvalue weighted by Crippen LogP contribution is 2.06. The Morgan fingerprint density at radius 3 is 2.20 bits per heavy atom. The molecule has 4 heteroatoms. The molecule has 0 bridgehead atoms. The van der Waals surface area contributed by atoms with Gasteiger partial charge >= 0.3 is 0 Å². The minimum absolute atomic E-state index is 0.289. The lowest BCUT2D eigenvalue weighted by atomic mass is 10.0. The van der Waals surface area contributed by atoms with Crippen molar-refractivity contribution in [2.75, 3.05) is 18.6 Å².